The van der Waals surface area contributed by atoms with Crippen molar-refractivity contribution < 1.29 is 0 Å². The fourth-order valence-electron chi connectivity index (χ4n) is 7.01. The summed E-state index contributed by atoms with van der Waals surface area (Å²) in [5, 5.41) is 3.39. The molecule has 2 atom stereocenters. The largest absolute Gasteiger partial charge is 0.320 e. The van der Waals surface area contributed by atoms with Crippen LogP contribution in [0.2, 0.25) is 0 Å². The molecule has 0 amide bonds. The molecule has 5 rings (SSSR count). The molecule has 0 aliphatic heterocycles. The third-order valence-electron chi connectivity index (χ3n) is 7.46. The van der Waals surface area contributed by atoms with Crippen molar-refractivity contribution in [2.24, 2.45) is 35.0 Å². The van der Waals surface area contributed by atoms with Crippen molar-refractivity contribution in [2.45, 2.75) is 64.2 Å². The van der Waals surface area contributed by atoms with Crippen LogP contribution in [0.5, 0.6) is 0 Å². The predicted molar refractivity (Wildman–Crippen MR) is 80.0 cm³/mol. The lowest BCUT2D eigenvalue weighted by atomic mass is 9.43. The van der Waals surface area contributed by atoms with Crippen molar-refractivity contribution in [1.29, 1.82) is 0 Å². The van der Waals surface area contributed by atoms with Gasteiger partial charge in [0, 0.05) is 0 Å². The average molecular weight is 261 g/mol. The van der Waals surface area contributed by atoms with Crippen LogP contribution >= 0.6 is 0 Å². The van der Waals surface area contributed by atoms with E-state index < -0.39 is 0 Å². The highest BCUT2D eigenvalue weighted by Gasteiger charge is 2.57. The second kappa shape index (κ2) is 4.76. The first-order valence-corrected chi connectivity index (χ1v) is 8.95. The zero-order valence-electron chi connectivity index (χ0n) is 12.7. The summed E-state index contributed by atoms with van der Waals surface area (Å²) in [7, 11) is 2.12. The van der Waals surface area contributed by atoms with E-state index in [4.69, 9.17) is 0 Å². The summed E-state index contributed by atoms with van der Waals surface area (Å²) in [6, 6.07) is 0. The first-order chi connectivity index (χ1) is 9.31. The molecule has 0 aromatic carbocycles. The van der Waals surface area contributed by atoms with Gasteiger partial charge in [0.15, 0.2) is 0 Å². The van der Waals surface area contributed by atoms with Gasteiger partial charge < -0.3 is 5.32 Å². The lowest BCUT2D eigenvalue weighted by molar-refractivity contribution is -0.123. The Hall–Kier alpha value is -0.0400. The van der Waals surface area contributed by atoms with Crippen molar-refractivity contribution in [2.75, 3.05) is 13.6 Å². The van der Waals surface area contributed by atoms with Gasteiger partial charge in [-0.25, -0.2) is 0 Å². The Morgan fingerprint density at radius 1 is 1.00 bits per heavy atom. The minimum Gasteiger partial charge on any atom is -0.320 e. The minimum absolute atomic E-state index is 0.836. The molecule has 19 heavy (non-hydrogen) atoms. The van der Waals surface area contributed by atoms with Crippen molar-refractivity contribution in [3.8, 4) is 0 Å². The monoisotopic (exact) mass is 261 g/mol. The van der Waals surface area contributed by atoms with E-state index in [0.29, 0.717) is 0 Å². The van der Waals surface area contributed by atoms with Crippen LogP contribution < -0.4 is 5.32 Å². The van der Waals surface area contributed by atoms with Crippen molar-refractivity contribution in [1.82, 2.24) is 5.32 Å². The van der Waals surface area contributed by atoms with Crippen LogP contribution in [0.1, 0.15) is 64.2 Å². The van der Waals surface area contributed by atoms with Gasteiger partial charge in [-0.3, -0.25) is 0 Å². The summed E-state index contributed by atoms with van der Waals surface area (Å²) < 4.78 is 0. The minimum atomic E-state index is 0.836. The fourth-order valence-corrected chi connectivity index (χ4v) is 7.01. The van der Waals surface area contributed by atoms with Gasteiger partial charge in [-0.2, -0.15) is 0 Å². The third kappa shape index (κ3) is 1.99. The molecule has 0 spiro atoms. The molecule has 5 aliphatic carbocycles. The van der Waals surface area contributed by atoms with Gasteiger partial charge in [-0.05, 0) is 100.0 Å². The molecule has 4 bridgehead atoms. The van der Waals surface area contributed by atoms with Gasteiger partial charge in [0.2, 0.25) is 0 Å². The molecule has 0 radical (unpaired) electrons. The molecule has 5 aliphatic rings. The SMILES string of the molecule is CNCCC1C2CC3CC1CC(C1CCCC1)(C3)C2. The summed E-state index contributed by atoms with van der Waals surface area (Å²) in [5.74, 6) is 5.56. The summed E-state index contributed by atoms with van der Waals surface area (Å²) in [5.41, 5.74) is 0.836. The smallest absolute Gasteiger partial charge is 0.00491 e. The fraction of sp³-hybridized carbons (Fsp3) is 1.00. The number of nitrogens with one attached hydrogen (secondary N) is 1. The molecule has 0 aromatic heterocycles. The Kier molecular flexibility index (Phi) is 3.17. The van der Waals surface area contributed by atoms with E-state index in [9.17, 15) is 0 Å². The molecule has 0 heterocycles. The molecule has 0 saturated heterocycles. The normalized spacial score (nSPS) is 49.1. The Bertz CT molecular complexity index is 315. The third-order valence-corrected chi connectivity index (χ3v) is 7.46. The Morgan fingerprint density at radius 3 is 2.32 bits per heavy atom. The summed E-state index contributed by atoms with van der Waals surface area (Å²) >= 11 is 0. The Morgan fingerprint density at radius 2 is 1.68 bits per heavy atom. The van der Waals surface area contributed by atoms with E-state index >= 15 is 0 Å². The van der Waals surface area contributed by atoms with Crippen molar-refractivity contribution in [3.05, 3.63) is 0 Å². The van der Waals surface area contributed by atoms with Gasteiger partial charge in [-0.1, -0.05) is 12.8 Å². The van der Waals surface area contributed by atoms with Gasteiger partial charge in [0.1, 0.15) is 0 Å². The maximum absolute atomic E-state index is 3.39. The lowest BCUT2D eigenvalue weighted by Gasteiger charge is -2.62. The number of hydrogen-bond acceptors (Lipinski definition) is 1. The molecule has 1 N–H and O–H groups in total. The van der Waals surface area contributed by atoms with Gasteiger partial charge in [0.25, 0.3) is 0 Å². The molecule has 0 aromatic rings. The van der Waals surface area contributed by atoms with Crippen LogP contribution in [0, 0.1) is 35.0 Å². The standard InChI is InChI=1S/C18H31N/c1-19-7-6-17-14-8-13-9-15(17)12-18(10-13,11-14)16-4-2-3-5-16/h13-17,19H,2-12H2,1H3. The molecular formula is C18H31N. The molecule has 5 saturated carbocycles. The second-order valence-electron chi connectivity index (χ2n) is 8.37. The van der Waals surface area contributed by atoms with Crippen LogP contribution in [0.4, 0.5) is 0 Å². The maximum atomic E-state index is 3.39. The first kappa shape index (κ1) is 12.7. The molecule has 2 unspecified atom stereocenters. The van der Waals surface area contributed by atoms with Crippen LogP contribution in [0.15, 0.2) is 0 Å². The van der Waals surface area contributed by atoms with E-state index in [2.05, 4.69) is 12.4 Å². The first-order valence-electron chi connectivity index (χ1n) is 8.95. The summed E-state index contributed by atoms with van der Waals surface area (Å²) in [6.45, 7) is 1.25. The molecule has 1 nitrogen and oxygen atoms in total. The molecule has 5 fully saturated rings. The number of rotatable bonds is 4. The van der Waals surface area contributed by atoms with Gasteiger partial charge in [0.05, 0.1) is 0 Å². The molecule has 108 valence electrons. The molecule has 1 heteroatoms. The lowest BCUT2D eigenvalue weighted by Crippen LogP contribution is -2.53. The van der Waals surface area contributed by atoms with Crippen LogP contribution in [-0.4, -0.2) is 13.6 Å². The van der Waals surface area contributed by atoms with E-state index in [1.165, 1.54) is 25.8 Å². The molecular weight excluding hydrogens is 230 g/mol. The number of hydrogen-bond donors (Lipinski definition) is 1. The van der Waals surface area contributed by atoms with E-state index in [0.717, 1.165) is 35.0 Å². The van der Waals surface area contributed by atoms with Crippen molar-refractivity contribution >= 4 is 0 Å². The highest BCUT2D eigenvalue weighted by Crippen LogP contribution is 2.66. The quantitative estimate of drug-likeness (QED) is 0.798. The summed E-state index contributed by atoms with van der Waals surface area (Å²) in [4.78, 5) is 0. The Labute approximate surface area is 118 Å². The van der Waals surface area contributed by atoms with E-state index in [1.54, 1.807) is 44.9 Å². The Balaban J connectivity index is 1.53. The maximum Gasteiger partial charge on any atom is -0.00491 e. The average Bonchev–Trinajstić information content (AvgIpc) is 2.92. The van der Waals surface area contributed by atoms with Gasteiger partial charge in [-0.15, -0.1) is 0 Å². The highest BCUT2D eigenvalue weighted by atomic mass is 14.8. The van der Waals surface area contributed by atoms with Crippen LogP contribution in [-0.2, 0) is 0 Å². The highest BCUT2D eigenvalue weighted by molar-refractivity contribution is 5.07. The van der Waals surface area contributed by atoms with Gasteiger partial charge >= 0.3 is 0 Å². The van der Waals surface area contributed by atoms with Crippen LogP contribution in [0.3, 0.4) is 0 Å². The van der Waals surface area contributed by atoms with Crippen molar-refractivity contribution in [3.63, 3.8) is 0 Å². The van der Waals surface area contributed by atoms with Crippen LogP contribution in [0.25, 0.3) is 0 Å². The predicted octanol–water partition coefficient (Wildman–Crippen LogP) is 4.23. The second-order valence-corrected chi connectivity index (χ2v) is 8.37. The topological polar surface area (TPSA) is 12.0 Å². The summed E-state index contributed by atoms with van der Waals surface area (Å²) in [6.07, 6.45) is 15.8. The zero-order valence-corrected chi connectivity index (χ0v) is 12.7. The van der Waals surface area contributed by atoms with E-state index in [-0.39, 0.29) is 0 Å². The van der Waals surface area contributed by atoms with E-state index in [1.807, 2.05) is 0 Å². The zero-order chi connectivity index (χ0) is 12.9.